The predicted molar refractivity (Wildman–Crippen MR) is 78.9 cm³/mol. The summed E-state index contributed by atoms with van der Waals surface area (Å²) in [5.41, 5.74) is 0. The van der Waals surface area contributed by atoms with Gasteiger partial charge in [0.25, 0.3) is 0 Å². The molecule has 0 amide bonds. The van der Waals surface area contributed by atoms with E-state index < -0.39 is 0 Å². The van der Waals surface area contributed by atoms with Crippen LogP contribution < -0.4 is 5.32 Å². The Balaban J connectivity index is 1.56. The van der Waals surface area contributed by atoms with Gasteiger partial charge in [0, 0.05) is 25.7 Å². The van der Waals surface area contributed by atoms with Crippen molar-refractivity contribution in [3.05, 3.63) is 0 Å². The monoisotopic (exact) mass is 252 g/mol. The van der Waals surface area contributed by atoms with Gasteiger partial charge in [0.1, 0.15) is 0 Å². The molecule has 2 saturated carbocycles. The molecule has 0 spiro atoms. The fraction of sp³-hybridized carbons (Fsp3) is 1.00. The second kappa shape index (κ2) is 8.16. The topological polar surface area (TPSA) is 15.3 Å². The number of hydrogen-bond donors (Lipinski definition) is 1. The minimum absolute atomic E-state index is 0.815. The summed E-state index contributed by atoms with van der Waals surface area (Å²) in [5, 5.41) is 3.79. The third kappa shape index (κ3) is 4.89. The van der Waals surface area contributed by atoms with Gasteiger partial charge in [0.05, 0.1) is 0 Å². The van der Waals surface area contributed by atoms with E-state index in [1.54, 1.807) is 0 Å². The molecule has 0 aromatic rings. The van der Waals surface area contributed by atoms with Crippen LogP contribution in [0.5, 0.6) is 0 Å². The molecule has 0 bridgehead atoms. The smallest absolute Gasteiger partial charge is 0.0107 e. The van der Waals surface area contributed by atoms with Gasteiger partial charge in [0.2, 0.25) is 0 Å². The van der Waals surface area contributed by atoms with Gasteiger partial charge in [-0.05, 0) is 38.1 Å². The third-order valence-corrected chi connectivity index (χ3v) is 4.90. The molecule has 0 saturated heterocycles. The second-order valence-electron chi connectivity index (χ2n) is 6.33. The number of hydrogen-bond acceptors (Lipinski definition) is 2. The van der Waals surface area contributed by atoms with E-state index in [2.05, 4.69) is 17.1 Å². The maximum Gasteiger partial charge on any atom is 0.0107 e. The van der Waals surface area contributed by atoms with Crippen molar-refractivity contribution in [2.75, 3.05) is 26.2 Å². The summed E-state index contributed by atoms with van der Waals surface area (Å²) < 4.78 is 0. The summed E-state index contributed by atoms with van der Waals surface area (Å²) in [4.78, 5) is 2.65. The molecule has 2 heteroatoms. The molecule has 2 aliphatic rings. The molecule has 0 atom stereocenters. The van der Waals surface area contributed by atoms with Crippen LogP contribution >= 0.6 is 0 Å². The molecule has 0 radical (unpaired) electrons. The minimum atomic E-state index is 0.815. The second-order valence-corrected chi connectivity index (χ2v) is 6.33. The van der Waals surface area contributed by atoms with Crippen LogP contribution in [0.1, 0.15) is 64.7 Å². The largest absolute Gasteiger partial charge is 0.313 e. The predicted octanol–water partition coefficient (Wildman–Crippen LogP) is 3.42. The highest BCUT2D eigenvalue weighted by molar-refractivity contribution is 4.75. The van der Waals surface area contributed by atoms with Crippen molar-refractivity contribution in [3.63, 3.8) is 0 Å². The SMILES string of the molecule is CCN(CCNC1CCCCCC1)CC1CCC1. The first-order valence-electron chi connectivity index (χ1n) is 8.34. The van der Waals surface area contributed by atoms with Crippen LogP contribution in [-0.2, 0) is 0 Å². The van der Waals surface area contributed by atoms with Crippen LogP contribution in [0.4, 0.5) is 0 Å². The Morgan fingerprint density at radius 3 is 2.22 bits per heavy atom. The fourth-order valence-electron chi connectivity index (χ4n) is 3.33. The lowest BCUT2D eigenvalue weighted by molar-refractivity contribution is 0.182. The van der Waals surface area contributed by atoms with Gasteiger partial charge in [-0.1, -0.05) is 39.0 Å². The van der Waals surface area contributed by atoms with Crippen molar-refractivity contribution < 1.29 is 0 Å². The standard InChI is InChI=1S/C16H32N2/c1-2-18(14-15-8-7-9-15)13-12-17-16-10-5-3-4-6-11-16/h15-17H,2-14H2,1H3. The Kier molecular flexibility index (Phi) is 6.50. The van der Waals surface area contributed by atoms with Crippen molar-refractivity contribution in [3.8, 4) is 0 Å². The summed E-state index contributed by atoms with van der Waals surface area (Å²) in [6, 6.07) is 0.815. The number of likely N-dealkylation sites (N-methyl/N-ethyl adjacent to an activating group) is 1. The van der Waals surface area contributed by atoms with Gasteiger partial charge < -0.3 is 10.2 Å². The molecule has 2 rings (SSSR count). The summed E-state index contributed by atoms with van der Waals surface area (Å²) in [7, 11) is 0. The number of nitrogens with zero attached hydrogens (tertiary/aromatic N) is 1. The summed E-state index contributed by atoms with van der Waals surface area (Å²) >= 11 is 0. The highest BCUT2D eigenvalue weighted by Crippen LogP contribution is 2.26. The molecule has 0 unspecified atom stereocenters. The van der Waals surface area contributed by atoms with Crippen LogP contribution in [0.25, 0.3) is 0 Å². The molecule has 1 N–H and O–H groups in total. The van der Waals surface area contributed by atoms with E-state index in [0.29, 0.717) is 0 Å². The normalized spacial score (nSPS) is 23.0. The van der Waals surface area contributed by atoms with E-state index in [0.717, 1.165) is 12.0 Å². The molecular formula is C16H32N2. The average molecular weight is 252 g/mol. The Bertz CT molecular complexity index is 205. The van der Waals surface area contributed by atoms with Crippen LogP contribution in [-0.4, -0.2) is 37.1 Å². The van der Waals surface area contributed by atoms with E-state index >= 15 is 0 Å². The molecule has 0 aromatic heterocycles. The van der Waals surface area contributed by atoms with Gasteiger partial charge in [-0.2, -0.15) is 0 Å². The van der Waals surface area contributed by atoms with Crippen LogP contribution in [0.2, 0.25) is 0 Å². The van der Waals surface area contributed by atoms with E-state index in [-0.39, 0.29) is 0 Å². The first-order valence-corrected chi connectivity index (χ1v) is 8.34. The van der Waals surface area contributed by atoms with Gasteiger partial charge in [0.15, 0.2) is 0 Å². The molecule has 2 fully saturated rings. The molecule has 2 nitrogen and oxygen atoms in total. The zero-order chi connectivity index (χ0) is 12.6. The zero-order valence-electron chi connectivity index (χ0n) is 12.3. The number of rotatable bonds is 7. The van der Waals surface area contributed by atoms with Crippen molar-refractivity contribution in [2.45, 2.75) is 70.8 Å². The summed E-state index contributed by atoms with van der Waals surface area (Å²) in [6.45, 7) is 7.34. The molecule has 0 heterocycles. The maximum absolute atomic E-state index is 3.79. The lowest BCUT2D eigenvalue weighted by Crippen LogP contribution is -2.39. The van der Waals surface area contributed by atoms with E-state index in [1.807, 2.05) is 0 Å². The van der Waals surface area contributed by atoms with E-state index in [4.69, 9.17) is 0 Å². The van der Waals surface area contributed by atoms with Crippen molar-refractivity contribution in [2.24, 2.45) is 5.92 Å². The molecule has 0 aliphatic heterocycles. The van der Waals surface area contributed by atoms with Gasteiger partial charge in [-0.15, -0.1) is 0 Å². The number of nitrogens with one attached hydrogen (secondary N) is 1. The molecule has 18 heavy (non-hydrogen) atoms. The summed E-state index contributed by atoms with van der Waals surface area (Å²) in [6.07, 6.45) is 13.1. The van der Waals surface area contributed by atoms with Crippen molar-refractivity contribution in [1.29, 1.82) is 0 Å². The quantitative estimate of drug-likeness (QED) is 0.698. The molecular weight excluding hydrogens is 220 g/mol. The van der Waals surface area contributed by atoms with E-state index in [9.17, 15) is 0 Å². The Labute approximate surface area is 114 Å². The Morgan fingerprint density at radius 2 is 1.67 bits per heavy atom. The first-order chi connectivity index (χ1) is 8.88. The van der Waals surface area contributed by atoms with Gasteiger partial charge >= 0.3 is 0 Å². The highest BCUT2D eigenvalue weighted by atomic mass is 15.1. The maximum atomic E-state index is 3.79. The van der Waals surface area contributed by atoms with Gasteiger partial charge in [-0.25, -0.2) is 0 Å². The highest BCUT2D eigenvalue weighted by Gasteiger charge is 2.20. The lowest BCUT2D eigenvalue weighted by atomic mass is 9.85. The van der Waals surface area contributed by atoms with Crippen molar-refractivity contribution in [1.82, 2.24) is 10.2 Å². The Morgan fingerprint density at radius 1 is 0.944 bits per heavy atom. The van der Waals surface area contributed by atoms with E-state index in [1.165, 1.54) is 84.0 Å². The fourth-order valence-corrected chi connectivity index (χ4v) is 3.33. The van der Waals surface area contributed by atoms with Crippen LogP contribution in [0.3, 0.4) is 0 Å². The van der Waals surface area contributed by atoms with Crippen LogP contribution in [0.15, 0.2) is 0 Å². The lowest BCUT2D eigenvalue weighted by Gasteiger charge is -2.32. The average Bonchev–Trinajstić information content (AvgIpc) is 2.60. The van der Waals surface area contributed by atoms with Crippen LogP contribution in [0, 0.1) is 5.92 Å². The third-order valence-electron chi connectivity index (χ3n) is 4.90. The minimum Gasteiger partial charge on any atom is -0.313 e. The molecule has 106 valence electrons. The first kappa shape index (κ1) is 14.3. The zero-order valence-corrected chi connectivity index (χ0v) is 12.3. The Hall–Kier alpha value is -0.0800. The molecule has 0 aromatic carbocycles. The summed E-state index contributed by atoms with van der Waals surface area (Å²) in [5.74, 6) is 1.02. The van der Waals surface area contributed by atoms with Crippen molar-refractivity contribution >= 4 is 0 Å². The van der Waals surface area contributed by atoms with Gasteiger partial charge in [-0.3, -0.25) is 0 Å². The molecule has 2 aliphatic carbocycles.